The molecule has 1 amide bonds. The van der Waals surface area contributed by atoms with Crippen molar-refractivity contribution in [3.8, 4) is 5.69 Å². The molecule has 0 spiro atoms. The van der Waals surface area contributed by atoms with Gasteiger partial charge in [0.05, 0.1) is 11.3 Å². The molecule has 1 aliphatic rings. The van der Waals surface area contributed by atoms with Crippen LogP contribution in [0.5, 0.6) is 0 Å². The smallest absolute Gasteiger partial charge is 0.338 e. The number of carbonyl (C=O) groups is 2. The Morgan fingerprint density at radius 3 is 2.64 bits per heavy atom. The molecule has 22 heavy (non-hydrogen) atoms. The van der Waals surface area contributed by atoms with E-state index in [2.05, 4.69) is 15.4 Å². The fourth-order valence-corrected chi connectivity index (χ4v) is 1.92. The minimum Gasteiger partial charge on any atom is -0.449 e. The monoisotopic (exact) mass is 300 g/mol. The van der Waals surface area contributed by atoms with Crippen molar-refractivity contribution >= 4 is 11.9 Å². The first-order valence-electron chi connectivity index (χ1n) is 7.10. The Labute approximate surface area is 127 Å². The third-order valence-electron chi connectivity index (χ3n) is 3.36. The molecule has 1 aromatic heterocycles. The molecule has 1 aliphatic carbocycles. The van der Waals surface area contributed by atoms with E-state index in [1.807, 2.05) is 0 Å². The number of benzene rings is 1. The predicted molar refractivity (Wildman–Crippen MR) is 77.4 cm³/mol. The van der Waals surface area contributed by atoms with E-state index in [1.165, 1.54) is 6.33 Å². The number of aromatic nitrogens is 3. The van der Waals surface area contributed by atoms with Gasteiger partial charge < -0.3 is 10.1 Å². The molecule has 1 aromatic carbocycles. The summed E-state index contributed by atoms with van der Waals surface area (Å²) >= 11 is 0. The van der Waals surface area contributed by atoms with Gasteiger partial charge in [-0.05, 0) is 44.0 Å². The molecular weight excluding hydrogens is 284 g/mol. The first-order chi connectivity index (χ1) is 10.6. The van der Waals surface area contributed by atoms with E-state index < -0.39 is 12.1 Å². The van der Waals surface area contributed by atoms with Gasteiger partial charge in [0, 0.05) is 6.04 Å². The second-order valence-electron chi connectivity index (χ2n) is 5.22. The van der Waals surface area contributed by atoms with Crippen molar-refractivity contribution in [2.24, 2.45) is 0 Å². The molecule has 0 radical (unpaired) electrons. The van der Waals surface area contributed by atoms with E-state index in [0.29, 0.717) is 5.56 Å². The number of nitrogens with one attached hydrogen (secondary N) is 1. The summed E-state index contributed by atoms with van der Waals surface area (Å²) in [6, 6.07) is 6.98. The first-order valence-corrected chi connectivity index (χ1v) is 7.10. The molecule has 0 saturated heterocycles. The first kappa shape index (κ1) is 14.2. The van der Waals surface area contributed by atoms with Crippen LogP contribution in [0.25, 0.3) is 5.69 Å². The summed E-state index contributed by atoms with van der Waals surface area (Å²) in [6.45, 7) is 1.57. The summed E-state index contributed by atoms with van der Waals surface area (Å²) in [7, 11) is 0. The highest BCUT2D eigenvalue weighted by atomic mass is 16.5. The third kappa shape index (κ3) is 3.30. The maximum absolute atomic E-state index is 12.0. The standard InChI is InChI=1S/C15H16N4O3/c1-10(14(20)18-12-4-5-12)22-15(21)11-2-6-13(7-3-11)19-9-16-8-17-19/h2-3,6-10,12H,4-5H2,1H3,(H,18,20)/t10-/m1/s1. The number of hydrogen-bond acceptors (Lipinski definition) is 5. The Bertz CT molecular complexity index is 663. The van der Waals surface area contributed by atoms with Gasteiger partial charge >= 0.3 is 5.97 Å². The van der Waals surface area contributed by atoms with Gasteiger partial charge in [-0.2, -0.15) is 5.10 Å². The molecule has 3 rings (SSSR count). The van der Waals surface area contributed by atoms with Crippen molar-refractivity contribution in [1.29, 1.82) is 0 Å². The molecule has 114 valence electrons. The molecule has 0 unspecified atom stereocenters. The number of hydrogen-bond donors (Lipinski definition) is 1. The summed E-state index contributed by atoms with van der Waals surface area (Å²) in [5.74, 6) is -0.779. The molecule has 2 aromatic rings. The zero-order valence-corrected chi connectivity index (χ0v) is 12.1. The molecular formula is C15H16N4O3. The molecule has 0 bridgehead atoms. The molecule has 7 heteroatoms. The number of esters is 1. The van der Waals surface area contributed by atoms with Crippen LogP contribution in [0.3, 0.4) is 0 Å². The van der Waals surface area contributed by atoms with Gasteiger partial charge in [0.1, 0.15) is 12.7 Å². The molecule has 7 nitrogen and oxygen atoms in total. The van der Waals surface area contributed by atoms with Crippen LogP contribution in [0.1, 0.15) is 30.1 Å². The quantitative estimate of drug-likeness (QED) is 0.835. The number of amides is 1. The average molecular weight is 300 g/mol. The summed E-state index contributed by atoms with van der Waals surface area (Å²) in [5, 5.41) is 6.81. The fraction of sp³-hybridized carbons (Fsp3) is 0.333. The molecule has 1 N–H and O–H groups in total. The van der Waals surface area contributed by atoms with E-state index in [9.17, 15) is 9.59 Å². The van der Waals surface area contributed by atoms with Crippen molar-refractivity contribution < 1.29 is 14.3 Å². The van der Waals surface area contributed by atoms with Crippen molar-refractivity contribution in [2.75, 3.05) is 0 Å². The van der Waals surface area contributed by atoms with Gasteiger partial charge in [-0.25, -0.2) is 14.5 Å². The maximum Gasteiger partial charge on any atom is 0.338 e. The van der Waals surface area contributed by atoms with Crippen LogP contribution in [0.4, 0.5) is 0 Å². The molecule has 1 saturated carbocycles. The Kier molecular flexibility index (Phi) is 3.86. The van der Waals surface area contributed by atoms with E-state index in [4.69, 9.17) is 4.74 Å². The average Bonchev–Trinajstić information content (AvgIpc) is 3.17. The Morgan fingerprint density at radius 1 is 1.32 bits per heavy atom. The zero-order valence-electron chi connectivity index (χ0n) is 12.1. The Hall–Kier alpha value is -2.70. The Morgan fingerprint density at radius 2 is 2.05 bits per heavy atom. The molecule has 0 aliphatic heterocycles. The highest BCUT2D eigenvalue weighted by Crippen LogP contribution is 2.19. The second-order valence-corrected chi connectivity index (χ2v) is 5.22. The topological polar surface area (TPSA) is 86.1 Å². The highest BCUT2D eigenvalue weighted by molar-refractivity contribution is 5.92. The number of nitrogens with zero attached hydrogens (tertiary/aromatic N) is 3. The molecule has 1 fully saturated rings. The lowest BCUT2D eigenvalue weighted by Crippen LogP contribution is -2.37. The maximum atomic E-state index is 12.0. The SMILES string of the molecule is C[C@@H](OC(=O)c1ccc(-n2cncn2)cc1)C(=O)NC1CC1. The van der Waals surface area contributed by atoms with Crippen molar-refractivity contribution in [2.45, 2.75) is 31.9 Å². The number of rotatable bonds is 5. The Balaban J connectivity index is 1.60. The second kappa shape index (κ2) is 5.97. The van der Waals surface area contributed by atoms with Gasteiger partial charge in [-0.15, -0.1) is 0 Å². The van der Waals surface area contributed by atoms with Crippen molar-refractivity contribution in [3.05, 3.63) is 42.5 Å². The lowest BCUT2D eigenvalue weighted by molar-refractivity contribution is -0.129. The minimum absolute atomic E-state index is 0.246. The van der Waals surface area contributed by atoms with E-state index in [0.717, 1.165) is 18.5 Å². The largest absolute Gasteiger partial charge is 0.449 e. The van der Waals surface area contributed by atoms with Crippen molar-refractivity contribution in [3.63, 3.8) is 0 Å². The normalized spacial score (nSPS) is 15.1. The van der Waals surface area contributed by atoms with Gasteiger partial charge in [-0.1, -0.05) is 0 Å². The lowest BCUT2D eigenvalue weighted by atomic mass is 10.2. The fourth-order valence-electron chi connectivity index (χ4n) is 1.92. The van der Waals surface area contributed by atoms with Crippen LogP contribution < -0.4 is 5.32 Å². The number of ether oxygens (including phenoxy) is 1. The van der Waals surface area contributed by atoms with Gasteiger partial charge in [0.2, 0.25) is 0 Å². The van der Waals surface area contributed by atoms with E-state index in [1.54, 1.807) is 42.2 Å². The van der Waals surface area contributed by atoms with Crippen LogP contribution in [0, 0.1) is 0 Å². The number of carbonyl (C=O) groups excluding carboxylic acids is 2. The minimum atomic E-state index is -0.803. The summed E-state index contributed by atoms with van der Waals surface area (Å²) in [5.41, 5.74) is 1.17. The molecule has 1 heterocycles. The highest BCUT2D eigenvalue weighted by Gasteiger charge is 2.27. The van der Waals surface area contributed by atoms with Crippen LogP contribution >= 0.6 is 0 Å². The third-order valence-corrected chi connectivity index (χ3v) is 3.36. The lowest BCUT2D eigenvalue weighted by Gasteiger charge is -2.13. The van der Waals surface area contributed by atoms with Crippen LogP contribution in [-0.4, -0.2) is 38.8 Å². The summed E-state index contributed by atoms with van der Waals surface area (Å²) in [6.07, 6.45) is 4.19. The van der Waals surface area contributed by atoms with Crippen LogP contribution in [0.2, 0.25) is 0 Å². The van der Waals surface area contributed by atoms with Gasteiger partial charge in [0.15, 0.2) is 6.10 Å². The zero-order chi connectivity index (χ0) is 15.5. The van der Waals surface area contributed by atoms with Crippen molar-refractivity contribution in [1.82, 2.24) is 20.1 Å². The summed E-state index contributed by atoms with van der Waals surface area (Å²) in [4.78, 5) is 27.6. The van der Waals surface area contributed by atoms with Crippen LogP contribution in [-0.2, 0) is 9.53 Å². The molecule has 1 atom stereocenters. The van der Waals surface area contributed by atoms with Gasteiger partial charge in [-0.3, -0.25) is 4.79 Å². The summed E-state index contributed by atoms with van der Waals surface area (Å²) < 4.78 is 6.76. The van der Waals surface area contributed by atoms with E-state index in [-0.39, 0.29) is 11.9 Å². The predicted octanol–water partition coefficient (Wildman–Crippen LogP) is 1.09. The van der Waals surface area contributed by atoms with E-state index >= 15 is 0 Å². The van der Waals surface area contributed by atoms with Gasteiger partial charge in [0.25, 0.3) is 5.91 Å². The van der Waals surface area contributed by atoms with Crippen LogP contribution in [0.15, 0.2) is 36.9 Å².